The summed E-state index contributed by atoms with van der Waals surface area (Å²) >= 11 is 0. The molecule has 7 heteroatoms. The van der Waals surface area contributed by atoms with E-state index >= 15 is 0 Å². The molecule has 2 atom stereocenters. The van der Waals surface area contributed by atoms with E-state index < -0.39 is 24.9 Å². The number of hydrazine groups is 2. The van der Waals surface area contributed by atoms with Crippen molar-refractivity contribution in [2.24, 2.45) is 0 Å². The Labute approximate surface area is 143 Å². The summed E-state index contributed by atoms with van der Waals surface area (Å²) in [5, 5.41) is 1.21. The lowest BCUT2D eigenvalue weighted by Crippen LogP contribution is -2.62. The molecule has 0 radical (unpaired) electrons. The first-order valence-corrected chi connectivity index (χ1v) is 7.21. The average Bonchev–Trinajstić information content (AvgIpc) is 2.86. The molecule has 0 saturated carbocycles. The maximum Gasteiger partial charge on any atom is 0.145 e. The third-order valence-corrected chi connectivity index (χ3v) is 3.69. The van der Waals surface area contributed by atoms with E-state index in [-0.39, 0.29) is 43.8 Å². The molecule has 1 aromatic carbocycles. The van der Waals surface area contributed by atoms with E-state index in [2.05, 4.69) is 0 Å². The Morgan fingerprint density at radius 3 is 2.86 bits per heavy atom. The minimum atomic E-state index is -2.73. The molecular weight excluding hydrogens is 280 g/mol. The van der Waals surface area contributed by atoms with Gasteiger partial charge in [0, 0.05) is 28.9 Å². The molecule has 0 aromatic heterocycles. The van der Waals surface area contributed by atoms with Gasteiger partial charge in [-0.1, -0.05) is 30.3 Å². The van der Waals surface area contributed by atoms with E-state index in [0.717, 1.165) is 5.01 Å². The lowest BCUT2D eigenvalue weighted by molar-refractivity contribution is -0.0824. The lowest BCUT2D eigenvalue weighted by Gasteiger charge is -2.43. The Balaban J connectivity index is 1.62. The number of nitrogens with zero attached hydrogens (tertiary/aromatic N) is 2. The number of ether oxygens (including phenoxy) is 1. The highest BCUT2D eigenvalue weighted by Gasteiger charge is 2.30. The van der Waals surface area contributed by atoms with Crippen LogP contribution in [0.3, 0.4) is 0 Å². The van der Waals surface area contributed by atoms with Gasteiger partial charge in [-0.15, -0.1) is 0 Å². The Morgan fingerprint density at radius 2 is 2.14 bits per heavy atom. The molecule has 120 valence electrons. The zero-order chi connectivity index (χ0) is 22.8. The first kappa shape index (κ1) is 7.67. The highest BCUT2D eigenvalue weighted by molar-refractivity contribution is 5.18. The first-order valence-electron chi connectivity index (χ1n) is 11.5. The normalized spacial score (nSPS) is 50.5. The molecule has 3 saturated heterocycles. The van der Waals surface area contributed by atoms with Crippen molar-refractivity contribution in [3.8, 4) is 0 Å². The van der Waals surface area contributed by atoms with Crippen molar-refractivity contribution in [2.45, 2.75) is 18.4 Å². The van der Waals surface area contributed by atoms with Gasteiger partial charge in [-0.3, -0.25) is 10.2 Å². The van der Waals surface area contributed by atoms with Crippen molar-refractivity contribution in [2.75, 3.05) is 39.3 Å². The fourth-order valence-electron chi connectivity index (χ4n) is 2.36. The van der Waals surface area contributed by atoms with Crippen molar-refractivity contribution in [1.82, 2.24) is 31.5 Å². The minimum Gasteiger partial charge on any atom is -0.378 e. The molecule has 2 unspecified atom stereocenters. The number of piperazine rings is 1. The zero-order valence-corrected chi connectivity index (χ0v) is 12.0. The first-order chi connectivity index (χ1) is 14.4. The van der Waals surface area contributed by atoms with Gasteiger partial charge < -0.3 is 4.74 Å². The number of nitrogens with one attached hydrogen (secondary N) is 4. The van der Waals surface area contributed by atoms with Gasteiger partial charge in [0.2, 0.25) is 0 Å². The van der Waals surface area contributed by atoms with Crippen LogP contribution < -0.4 is 21.6 Å². The van der Waals surface area contributed by atoms with Gasteiger partial charge in [-0.2, -0.15) is 0 Å². The molecule has 0 bridgehead atoms. The molecule has 3 aliphatic heterocycles. The minimum absolute atomic E-state index is 0.0895. The molecule has 3 aliphatic rings. The maximum absolute atomic E-state index is 8.72. The van der Waals surface area contributed by atoms with Crippen LogP contribution in [0.2, 0.25) is 5.65 Å². The summed E-state index contributed by atoms with van der Waals surface area (Å²) in [5.74, 6) is 0. The molecule has 3 heterocycles. The van der Waals surface area contributed by atoms with E-state index in [1.807, 2.05) is 0 Å². The largest absolute Gasteiger partial charge is 0.378 e. The van der Waals surface area contributed by atoms with E-state index in [1.54, 1.807) is 23.1 Å². The van der Waals surface area contributed by atoms with Gasteiger partial charge in [0.15, 0.2) is 0 Å². The molecule has 0 amide bonds. The van der Waals surface area contributed by atoms with Gasteiger partial charge in [-0.05, 0) is 5.56 Å². The second kappa shape index (κ2) is 6.59. The van der Waals surface area contributed by atoms with E-state index in [4.69, 9.17) is 17.2 Å². The number of hydrogen-bond acceptors (Lipinski definition) is 7. The SMILES string of the molecule is [2H]N1N([2H])C([2H])(N([2H])N2CCN(C3([2H])COC3)CC2([2H])[2H])N([2H])C1([2H])c1ccccc1. The van der Waals surface area contributed by atoms with Crippen LogP contribution in [-0.2, 0) is 4.74 Å². The Bertz CT molecular complexity index is 821. The number of benzene rings is 1. The standard InChI is InChI=1S/C15H24N6O/c1-2-4-12(5-3-1)14-16-15(18-17-14)19-21-8-6-20(7-9-21)13-10-22-11-13/h1-5,13-19H,6-11H2/i8D2,13D,14D,15D/hD4. The third kappa shape index (κ3) is 3.16. The fraction of sp³-hybridized carbons (Fsp3) is 0.600. The zero-order valence-electron chi connectivity index (χ0n) is 21.0. The molecule has 1 aromatic rings. The summed E-state index contributed by atoms with van der Waals surface area (Å²) in [6.07, 6.45) is -5.04. The molecule has 0 aliphatic carbocycles. The highest BCUT2D eigenvalue weighted by atomic mass is 16.5. The van der Waals surface area contributed by atoms with Crippen LogP contribution in [0.4, 0.5) is 0 Å². The molecule has 3 fully saturated rings. The molecule has 0 spiro atoms. The van der Waals surface area contributed by atoms with Crippen molar-refractivity contribution in [3.05, 3.63) is 35.9 Å². The van der Waals surface area contributed by atoms with Gasteiger partial charge in [-0.25, -0.2) is 21.3 Å². The van der Waals surface area contributed by atoms with Crippen molar-refractivity contribution < 1.29 is 17.2 Å². The smallest absolute Gasteiger partial charge is 0.145 e. The topological polar surface area (TPSA) is 63.8 Å². The second-order valence-corrected chi connectivity index (χ2v) is 5.16. The predicted octanol–water partition coefficient (Wildman–Crippen LogP) is -0.813. The summed E-state index contributed by atoms with van der Waals surface area (Å²) in [6.45, 7) is -2.01. The van der Waals surface area contributed by atoms with Crippen molar-refractivity contribution >= 4 is 0 Å². The predicted molar refractivity (Wildman–Crippen MR) is 83.3 cm³/mol. The van der Waals surface area contributed by atoms with Crippen molar-refractivity contribution in [1.29, 1.82) is 0 Å². The Morgan fingerprint density at radius 1 is 1.27 bits per heavy atom. The van der Waals surface area contributed by atoms with Gasteiger partial charge >= 0.3 is 0 Å². The summed E-state index contributed by atoms with van der Waals surface area (Å²) < 4.78 is 81.1. The molecule has 4 rings (SSSR count). The monoisotopic (exact) mass is 313 g/mol. The van der Waals surface area contributed by atoms with Crippen LogP contribution >= 0.6 is 0 Å². The second-order valence-electron chi connectivity index (χ2n) is 5.16. The third-order valence-electron chi connectivity index (χ3n) is 3.69. The summed E-state index contributed by atoms with van der Waals surface area (Å²) in [4.78, 5) is 1.61. The van der Waals surface area contributed by atoms with Crippen LogP contribution in [0.1, 0.15) is 18.6 Å². The van der Waals surface area contributed by atoms with Crippen LogP contribution in [0.25, 0.3) is 0 Å². The van der Waals surface area contributed by atoms with Crippen LogP contribution in [0, 0.1) is 0 Å². The molecule has 7 nitrogen and oxygen atoms in total. The highest BCUT2D eigenvalue weighted by Crippen LogP contribution is 2.14. The van der Waals surface area contributed by atoms with Gasteiger partial charge in [0.05, 0.1) is 29.5 Å². The lowest BCUT2D eigenvalue weighted by atomic mass is 10.2. The summed E-state index contributed by atoms with van der Waals surface area (Å²) in [7, 11) is 0. The van der Waals surface area contributed by atoms with E-state index in [1.165, 1.54) is 12.1 Å². The Hall–Kier alpha value is -1.06. The summed E-state index contributed by atoms with van der Waals surface area (Å²) in [5.41, 5.74) is 0.981. The molecular formula is C15H24N6O. The number of hydrogen-bond donors (Lipinski definition) is 4. The van der Waals surface area contributed by atoms with Gasteiger partial charge in [0.25, 0.3) is 0 Å². The van der Waals surface area contributed by atoms with Crippen LogP contribution in [0.15, 0.2) is 30.3 Å². The molecule has 4 N–H and O–H groups in total. The fourth-order valence-corrected chi connectivity index (χ4v) is 2.36. The molecule has 22 heavy (non-hydrogen) atoms. The van der Waals surface area contributed by atoms with E-state index in [9.17, 15) is 0 Å². The quantitative estimate of drug-likeness (QED) is 0.580. The van der Waals surface area contributed by atoms with Crippen molar-refractivity contribution in [3.63, 3.8) is 0 Å². The van der Waals surface area contributed by atoms with E-state index in [0.29, 0.717) is 16.1 Å². The summed E-state index contributed by atoms with van der Waals surface area (Å²) in [6, 6.07) is 6.81. The van der Waals surface area contributed by atoms with Crippen LogP contribution in [-0.4, -0.2) is 61.5 Å². The maximum atomic E-state index is 8.72. The van der Waals surface area contributed by atoms with Crippen LogP contribution in [0.5, 0.6) is 0 Å². The average molecular weight is 313 g/mol. The van der Waals surface area contributed by atoms with Gasteiger partial charge in [0.1, 0.15) is 11.9 Å². The number of rotatable bonds is 4. The Kier molecular flexibility index (Phi) is 2.30.